The molecule has 0 spiro atoms. The van der Waals surface area contributed by atoms with Gasteiger partial charge >= 0.3 is 0 Å². The van der Waals surface area contributed by atoms with Crippen molar-refractivity contribution in [2.24, 2.45) is 0 Å². The Kier molecular flexibility index (Phi) is 3.64. The van der Waals surface area contributed by atoms with E-state index >= 15 is 0 Å². The van der Waals surface area contributed by atoms with Crippen molar-refractivity contribution in [1.82, 2.24) is 5.32 Å². The van der Waals surface area contributed by atoms with Crippen molar-refractivity contribution in [2.75, 3.05) is 6.54 Å². The number of hydrogen-bond acceptors (Lipinski definition) is 0. The van der Waals surface area contributed by atoms with E-state index in [4.69, 9.17) is 23.2 Å². The third-order valence-corrected chi connectivity index (χ3v) is 2.05. The van der Waals surface area contributed by atoms with Gasteiger partial charge < -0.3 is 0 Å². The molecule has 0 unspecified atom stereocenters. The molecule has 3 heteroatoms. The molecule has 1 rings (SSSR count). The highest BCUT2D eigenvalue weighted by Crippen LogP contribution is 2.29. The molecule has 0 aromatic heterocycles. The number of halogens is 2. The summed E-state index contributed by atoms with van der Waals surface area (Å²) in [4.78, 5) is 0. The summed E-state index contributed by atoms with van der Waals surface area (Å²) < 4.78 is 0. The minimum Gasteiger partial charge on any atom is -0.278 e. The van der Waals surface area contributed by atoms with Gasteiger partial charge in [0, 0.05) is 0 Å². The van der Waals surface area contributed by atoms with Gasteiger partial charge in [-0.1, -0.05) is 41.4 Å². The maximum Gasteiger partial charge on any atom is 0.0950 e. The first kappa shape index (κ1) is 10.4. The fourth-order valence-corrected chi connectivity index (χ4v) is 1.37. The Morgan fingerprint density at radius 3 is 2.38 bits per heavy atom. The average Bonchev–Trinajstić information content (AvgIpc) is 2.03. The number of rotatable bonds is 3. The summed E-state index contributed by atoms with van der Waals surface area (Å²) >= 11 is 11.8. The van der Waals surface area contributed by atoms with Crippen molar-refractivity contribution >= 4 is 28.9 Å². The van der Waals surface area contributed by atoms with Crippen LogP contribution in [0.4, 0.5) is 5.69 Å². The van der Waals surface area contributed by atoms with Gasteiger partial charge in [-0.3, -0.25) is 5.32 Å². The Hall–Kier alpha value is -0.660. The third kappa shape index (κ3) is 2.94. The summed E-state index contributed by atoms with van der Waals surface area (Å²) in [5.41, 5.74) is 1.63. The molecule has 1 nitrogen and oxygen atoms in total. The van der Waals surface area contributed by atoms with Crippen LogP contribution in [0.2, 0.25) is 10.0 Å². The Labute approximate surface area is 88.4 Å². The van der Waals surface area contributed by atoms with E-state index in [1.165, 1.54) is 0 Å². The SMILES string of the molecule is C=C(C)C[N]c1c(Cl)cccc1Cl. The van der Waals surface area contributed by atoms with E-state index in [1.54, 1.807) is 18.2 Å². The van der Waals surface area contributed by atoms with Crippen molar-refractivity contribution in [1.29, 1.82) is 0 Å². The summed E-state index contributed by atoms with van der Waals surface area (Å²) in [6.07, 6.45) is 0. The smallest absolute Gasteiger partial charge is 0.0950 e. The van der Waals surface area contributed by atoms with Gasteiger partial charge in [0.15, 0.2) is 0 Å². The Morgan fingerprint density at radius 2 is 1.92 bits per heavy atom. The lowest BCUT2D eigenvalue weighted by molar-refractivity contribution is 0.933. The standard InChI is InChI=1S/C10H10Cl2N/c1-7(2)6-13-10-8(11)4-3-5-9(10)12/h3-5H,1,6H2,2H3. The topological polar surface area (TPSA) is 14.1 Å². The maximum absolute atomic E-state index is 5.91. The Balaban J connectivity index is 2.81. The highest BCUT2D eigenvalue weighted by molar-refractivity contribution is 6.38. The lowest BCUT2D eigenvalue weighted by atomic mass is 10.3. The van der Waals surface area contributed by atoms with Crippen LogP contribution < -0.4 is 5.32 Å². The predicted molar refractivity (Wildman–Crippen MR) is 57.9 cm³/mol. The molecule has 0 heterocycles. The fourth-order valence-electron chi connectivity index (χ4n) is 0.854. The molecule has 0 bridgehead atoms. The van der Waals surface area contributed by atoms with Crippen molar-refractivity contribution < 1.29 is 0 Å². The van der Waals surface area contributed by atoms with Crippen LogP contribution in [0.5, 0.6) is 0 Å². The molecule has 0 fully saturated rings. The zero-order chi connectivity index (χ0) is 9.84. The third-order valence-electron chi connectivity index (χ3n) is 1.44. The molecule has 0 aliphatic carbocycles. The van der Waals surface area contributed by atoms with E-state index in [9.17, 15) is 0 Å². The van der Waals surface area contributed by atoms with Gasteiger partial charge in [0.25, 0.3) is 0 Å². The summed E-state index contributed by atoms with van der Waals surface area (Å²) in [5, 5.41) is 5.40. The van der Waals surface area contributed by atoms with Crippen LogP contribution in [0.1, 0.15) is 6.92 Å². The molecular weight excluding hydrogens is 205 g/mol. The molecule has 0 atom stereocenters. The van der Waals surface area contributed by atoms with Gasteiger partial charge in [0.2, 0.25) is 0 Å². The molecule has 1 aromatic carbocycles. The largest absolute Gasteiger partial charge is 0.278 e. The van der Waals surface area contributed by atoms with Gasteiger partial charge in [-0.05, 0) is 19.1 Å². The first-order valence-electron chi connectivity index (χ1n) is 3.87. The summed E-state index contributed by atoms with van der Waals surface area (Å²) in [7, 11) is 0. The second kappa shape index (κ2) is 4.54. The van der Waals surface area contributed by atoms with Gasteiger partial charge in [-0.25, -0.2) is 0 Å². The van der Waals surface area contributed by atoms with Crippen molar-refractivity contribution in [3.8, 4) is 0 Å². The molecular formula is C10H10Cl2N. The maximum atomic E-state index is 5.91. The van der Waals surface area contributed by atoms with Crippen LogP contribution >= 0.6 is 23.2 Å². The quantitative estimate of drug-likeness (QED) is 0.680. The highest BCUT2D eigenvalue weighted by atomic mass is 35.5. The zero-order valence-corrected chi connectivity index (χ0v) is 8.86. The zero-order valence-electron chi connectivity index (χ0n) is 7.35. The molecule has 0 saturated heterocycles. The van der Waals surface area contributed by atoms with E-state index in [1.807, 2.05) is 6.92 Å². The van der Waals surface area contributed by atoms with E-state index in [2.05, 4.69) is 11.9 Å². The second-order valence-electron chi connectivity index (χ2n) is 2.84. The molecule has 0 aliphatic rings. The van der Waals surface area contributed by atoms with Crippen LogP contribution in [0.3, 0.4) is 0 Å². The van der Waals surface area contributed by atoms with Gasteiger partial charge in [0.1, 0.15) is 0 Å². The number of benzene rings is 1. The minimum absolute atomic E-state index is 0.559. The number of hydrogen-bond donors (Lipinski definition) is 0. The summed E-state index contributed by atoms with van der Waals surface area (Å²) in [6.45, 7) is 6.22. The number of para-hydroxylation sites is 1. The first-order chi connectivity index (χ1) is 6.11. The monoisotopic (exact) mass is 214 g/mol. The summed E-state index contributed by atoms with van der Waals surface area (Å²) in [6, 6.07) is 5.33. The van der Waals surface area contributed by atoms with E-state index < -0.39 is 0 Å². The van der Waals surface area contributed by atoms with Gasteiger partial charge in [-0.2, -0.15) is 0 Å². The van der Waals surface area contributed by atoms with Crippen LogP contribution in [0.25, 0.3) is 0 Å². The molecule has 1 radical (unpaired) electrons. The van der Waals surface area contributed by atoms with E-state index in [-0.39, 0.29) is 0 Å². The molecule has 1 aromatic rings. The van der Waals surface area contributed by atoms with E-state index in [0.717, 1.165) is 5.57 Å². The van der Waals surface area contributed by atoms with Gasteiger partial charge in [0.05, 0.1) is 22.3 Å². The highest BCUT2D eigenvalue weighted by Gasteiger charge is 2.05. The van der Waals surface area contributed by atoms with Gasteiger partial charge in [-0.15, -0.1) is 0 Å². The molecule has 0 aliphatic heterocycles. The molecule has 0 saturated carbocycles. The molecule has 0 amide bonds. The first-order valence-corrected chi connectivity index (χ1v) is 4.62. The van der Waals surface area contributed by atoms with Crippen LogP contribution in [0, 0.1) is 0 Å². The lowest BCUT2D eigenvalue weighted by Crippen LogP contribution is -2.01. The normalized spacial score (nSPS) is 9.77. The van der Waals surface area contributed by atoms with Crippen molar-refractivity contribution in [3.05, 3.63) is 40.4 Å². The molecule has 69 valence electrons. The van der Waals surface area contributed by atoms with Crippen molar-refractivity contribution in [2.45, 2.75) is 6.92 Å². The van der Waals surface area contributed by atoms with Crippen LogP contribution in [-0.2, 0) is 0 Å². The number of nitrogens with zero attached hydrogens (tertiary/aromatic N) is 1. The average molecular weight is 215 g/mol. The van der Waals surface area contributed by atoms with Crippen molar-refractivity contribution in [3.63, 3.8) is 0 Å². The fraction of sp³-hybridized carbons (Fsp3) is 0.200. The molecule has 0 N–H and O–H groups in total. The van der Waals surface area contributed by atoms with E-state index in [0.29, 0.717) is 22.3 Å². The lowest BCUT2D eigenvalue weighted by Gasteiger charge is -2.06. The predicted octanol–water partition coefficient (Wildman–Crippen LogP) is 3.81. The Morgan fingerprint density at radius 1 is 1.38 bits per heavy atom. The minimum atomic E-state index is 0.559. The van der Waals surface area contributed by atoms with Crippen LogP contribution in [-0.4, -0.2) is 6.54 Å². The molecule has 13 heavy (non-hydrogen) atoms. The summed E-state index contributed by atoms with van der Waals surface area (Å²) in [5.74, 6) is 0. The van der Waals surface area contributed by atoms with Crippen LogP contribution in [0.15, 0.2) is 30.4 Å². The second-order valence-corrected chi connectivity index (χ2v) is 3.66. The Bertz CT molecular complexity index is 300.